The van der Waals surface area contributed by atoms with Gasteiger partial charge in [-0.15, -0.1) is 0 Å². The molecule has 1 heterocycles. The average Bonchev–Trinajstić information content (AvgIpc) is 3.40. The van der Waals surface area contributed by atoms with Crippen LogP contribution < -0.4 is 0 Å². The Morgan fingerprint density at radius 1 is 0.902 bits per heavy atom. The Morgan fingerprint density at radius 3 is 2.22 bits per heavy atom. The Morgan fingerprint density at radius 2 is 1.56 bits per heavy atom. The van der Waals surface area contributed by atoms with Crippen LogP contribution in [0, 0.1) is 0 Å². The van der Waals surface area contributed by atoms with Crippen molar-refractivity contribution in [1.82, 2.24) is 15.0 Å². The Labute approximate surface area is 243 Å². The summed E-state index contributed by atoms with van der Waals surface area (Å²) in [4.78, 5) is 31.5. The van der Waals surface area contributed by atoms with Crippen molar-refractivity contribution in [1.29, 1.82) is 0 Å². The van der Waals surface area contributed by atoms with Crippen LogP contribution in [0.25, 0.3) is 22.8 Å². The molecule has 220 valence electrons. The summed E-state index contributed by atoms with van der Waals surface area (Å²) in [6, 6.07) is 16.0. The topological polar surface area (TPSA) is 94.8 Å². The fraction of sp³-hybridized carbons (Fsp3) is 0.515. The van der Waals surface area contributed by atoms with Gasteiger partial charge >= 0.3 is 12.1 Å². The third kappa shape index (κ3) is 8.90. The molecule has 1 aromatic heterocycles. The van der Waals surface area contributed by atoms with Crippen LogP contribution in [0.1, 0.15) is 97.1 Å². The van der Waals surface area contributed by atoms with Gasteiger partial charge in [-0.3, -0.25) is 4.79 Å². The maximum absolute atomic E-state index is 12.9. The van der Waals surface area contributed by atoms with E-state index in [0.29, 0.717) is 17.6 Å². The summed E-state index contributed by atoms with van der Waals surface area (Å²) in [7, 11) is 0. The van der Waals surface area contributed by atoms with E-state index in [-0.39, 0.29) is 25.5 Å². The van der Waals surface area contributed by atoms with Crippen LogP contribution in [0.15, 0.2) is 53.1 Å². The number of ether oxygens (including phenoxy) is 2. The van der Waals surface area contributed by atoms with E-state index >= 15 is 0 Å². The van der Waals surface area contributed by atoms with Gasteiger partial charge in [-0.2, -0.15) is 4.98 Å². The van der Waals surface area contributed by atoms with Gasteiger partial charge in [0.2, 0.25) is 5.82 Å². The monoisotopic (exact) mass is 561 g/mol. The van der Waals surface area contributed by atoms with Crippen molar-refractivity contribution in [3.8, 4) is 22.8 Å². The Hall–Kier alpha value is -3.68. The molecule has 8 heteroatoms. The number of aromatic nitrogens is 2. The first kappa shape index (κ1) is 30.3. The Kier molecular flexibility index (Phi) is 9.51. The van der Waals surface area contributed by atoms with E-state index in [4.69, 9.17) is 19.0 Å². The molecule has 1 fully saturated rings. The predicted octanol–water partition coefficient (Wildman–Crippen LogP) is 7.92. The molecule has 0 bridgehead atoms. The molecule has 2 aromatic carbocycles. The first-order chi connectivity index (χ1) is 19.4. The molecule has 0 unspecified atom stereocenters. The first-order valence-electron chi connectivity index (χ1n) is 14.6. The third-order valence-electron chi connectivity index (χ3n) is 6.91. The average molecular weight is 562 g/mol. The molecular formula is C33H43N3O5. The number of nitrogens with zero attached hydrogens (tertiary/aromatic N) is 3. The van der Waals surface area contributed by atoms with Crippen LogP contribution in [0.4, 0.5) is 4.79 Å². The Bertz CT molecular complexity index is 1310. The summed E-state index contributed by atoms with van der Waals surface area (Å²) in [5.41, 5.74) is 2.75. The summed E-state index contributed by atoms with van der Waals surface area (Å²) >= 11 is 0. The SMILES string of the molecule is CC(C)(C)OC(=O)CCN(Cc1ccc(-c2noc(-c3ccccc3C3CCCCC3)n2)cc1)C(=O)OC(C)(C)C. The van der Waals surface area contributed by atoms with Crippen molar-refractivity contribution in [2.45, 2.75) is 104 Å². The van der Waals surface area contributed by atoms with Gasteiger partial charge in [0.25, 0.3) is 5.89 Å². The molecule has 1 amide bonds. The highest BCUT2D eigenvalue weighted by atomic mass is 16.6. The molecule has 0 saturated heterocycles. The highest BCUT2D eigenvalue weighted by Crippen LogP contribution is 2.38. The van der Waals surface area contributed by atoms with E-state index in [1.165, 1.54) is 42.6 Å². The quantitative estimate of drug-likeness (QED) is 0.258. The predicted molar refractivity (Wildman–Crippen MR) is 158 cm³/mol. The van der Waals surface area contributed by atoms with E-state index in [2.05, 4.69) is 23.4 Å². The van der Waals surface area contributed by atoms with E-state index < -0.39 is 17.3 Å². The number of hydrogen-bond acceptors (Lipinski definition) is 7. The van der Waals surface area contributed by atoms with Crippen LogP contribution >= 0.6 is 0 Å². The van der Waals surface area contributed by atoms with E-state index in [1.54, 1.807) is 0 Å². The molecule has 8 nitrogen and oxygen atoms in total. The molecular weight excluding hydrogens is 518 g/mol. The number of esters is 1. The molecule has 0 N–H and O–H groups in total. The fourth-order valence-electron chi connectivity index (χ4n) is 5.07. The molecule has 0 spiro atoms. The number of amides is 1. The third-order valence-corrected chi connectivity index (χ3v) is 6.91. The zero-order valence-corrected chi connectivity index (χ0v) is 25.2. The van der Waals surface area contributed by atoms with Gasteiger partial charge in [-0.1, -0.05) is 66.9 Å². The van der Waals surface area contributed by atoms with Crippen LogP contribution in [0.2, 0.25) is 0 Å². The zero-order valence-electron chi connectivity index (χ0n) is 25.2. The standard InChI is InChI=1S/C33H43N3O5/c1-32(2,3)39-28(37)20-21-36(31(38)40-33(4,5)6)22-23-16-18-25(19-17-23)29-34-30(41-35-29)27-15-11-10-14-26(27)24-12-8-7-9-13-24/h10-11,14-19,24H,7-9,12-13,20-22H2,1-6H3. The number of benzene rings is 2. The lowest BCUT2D eigenvalue weighted by molar-refractivity contribution is -0.155. The highest BCUT2D eigenvalue weighted by molar-refractivity contribution is 5.72. The van der Waals surface area contributed by atoms with Crippen molar-refractivity contribution < 1.29 is 23.6 Å². The minimum Gasteiger partial charge on any atom is -0.460 e. The minimum absolute atomic E-state index is 0.0720. The number of carbonyl (C=O) groups excluding carboxylic acids is 2. The second kappa shape index (κ2) is 12.9. The number of carbonyl (C=O) groups is 2. The van der Waals surface area contributed by atoms with E-state index in [9.17, 15) is 9.59 Å². The van der Waals surface area contributed by atoms with Crippen LogP contribution in [0.3, 0.4) is 0 Å². The second-order valence-electron chi connectivity index (χ2n) is 12.8. The Balaban J connectivity index is 1.47. The van der Waals surface area contributed by atoms with Crippen molar-refractivity contribution in [3.05, 3.63) is 59.7 Å². The summed E-state index contributed by atoms with van der Waals surface area (Å²) in [6.45, 7) is 11.4. The molecule has 1 aliphatic carbocycles. The fourth-order valence-corrected chi connectivity index (χ4v) is 5.07. The molecule has 0 radical (unpaired) electrons. The van der Waals surface area contributed by atoms with Gasteiger partial charge < -0.3 is 18.9 Å². The van der Waals surface area contributed by atoms with Gasteiger partial charge in [0.15, 0.2) is 0 Å². The van der Waals surface area contributed by atoms with Crippen LogP contribution in [0.5, 0.6) is 0 Å². The summed E-state index contributed by atoms with van der Waals surface area (Å²) < 4.78 is 16.7. The normalized spacial score (nSPS) is 14.5. The van der Waals surface area contributed by atoms with Crippen molar-refractivity contribution in [2.24, 2.45) is 0 Å². The van der Waals surface area contributed by atoms with Gasteiger partial charge in [-0.05, 0) is 77.5 Å². The number of rotatable bonds is 8. The molecule has 0 aliphatic heterocycles. The summed E-state index contributed by atoms with van der Waals surface area (Å²) in [5.74, 6) is 1.21. The van der Waals surface area contributed by atoms with Crippen molar-refractivity contribution >= 4 is 12.1 Å². The van der Waals surface area contributed by atoms with Gasteiger partial charge in [0, 0.05) is 24.2 Å². The van der Waals surface area contributed by atoms with Crippen molar-refractivity contribution in [2.75, 3.05) is 6.54 Å². The van der Waals surface area contributed by atoms with Crippen molar-refractivity contribution in [3.63, 3.8) is 0 Å². The van der Waals surface area contributed by atoms with E-state index in [0.717, 1.165) is 16.7 Å². The van der Waals surface area contributed by atoms with Gasteiger partial charge in [-0.25, -0.2) is 4.79 Å². The second-order valence-corrected chi connectivity index (χ2v) is 12.8. The minimum atomic E-state index is -0.656. The molecule has 1 saturated carbocycles. The lowest BCUT2D eigenvalue weighted by Gasteiger charge is -2.28. The largest absolute Gasteiger partial charge is 0.460 e. The zero-order chi connectivity index (χ0) is 29.6. The molecule has 0 atom stereocenters. The van der Waals surface area contributed by atoms with Gasteiger partial charge in [0.05, 0.1) is 6.42 Å². The first-order valence-corrected chi connectivity index (χ1v) is 14.6. The smallest absolute Gasteiger partial charge is 0.410 e. The number of hydrogen-bond donors (Lipinski definition) is 0. The highest BCUT2D eigenvalue weighted by Gasteiger charge is 2.25. The maximum atomic E-state index is 12.9. The van der Waals surface area contributed by atoms with Crippen LogP contribution in [-0.2, 0) is 20.8 Å². The molecule has 1 aliphatic rings. The molecule has 41 heavy (non-hydrogen) atoms. The lowest BCUT2D eigenvalue weighted by Crippen LogP contribution is -2.38. The van der Waals surface area contributed by atoms with Crippen LogP contribution in [-0.4, -0.2) is 44.8 Å². The molecule has 4 rings (SSSR count). The maximum Gasteiger partial charge on any atom is 0.410 e. The lowest BCUT2D eigenvalue weighted by atomic mass is 9.82. The summed E-state index contributed by atoms with van der Waals surface area (Å²) in [6.07, 6.45) is 5.79. The van der Waals surface area contributed by atoms with E-state index in [1.807, 2.05) is 71.9 Å². The van der Waals surface area contributed by atoms with Gasteiger partial charge in [0.1, 0.15) is 11.2 Å². The summed E-state index contributed by atoms with van der Waals surface area (Å²) in [5, 5.41) is 4.26. The molecule has 3 aromatic rings.